The zero-order valence-corrected chi connectivity index (χ0v) is 19.7. The van der Waals surface area contributed by atoms with Gasteiger partial charge in [-0.25, -0.2) is 4.90 Å². The maximum absolute atomic E-state index is 13.5. The summed E-state index contributed by atoms with van der Waals surface area (Å²) < 4.78 is 0. The molecule has 3 N–H and O–H groups in total. The van der Waals surface area contributed by atoms with E-state index in [4.69, 9.17) is 5.73 Å². The molecule has 0 radical (unpaired) electrons. The molecule has 1 aliphatic heterocycles. The second kappa shape index (κ2) is 9.93. The van der Waals surface area contributed by atoms with E-state index in [1.165, 1.54) is 6.92 Å². The van der Waals surface area contributed by atoms with Crippen LogP contribution in [0, 0.1) is 0 Å². The van der Waals surface area contributed by atoms with E-state index in [9.17, 15) is 19.2 Å². The van der Waals surface area contributed by atoms with E-state index < -0.39 is 29.7 Å². The SMILES string of the molecule is CC1C(=O)N(C(=O)[C@H](C)NC(=O)CCC(=O)c2ccccc2)c2cccc(N)c2-c2ccccc21. The van der Waals surface area contributed by atoms with Crippen molar-refractivity contribution < 1.29 is 19.2 Å². The fraction of sp³-hybridized carbons (Fsp3) is 0.214. The first-order valence-electron chi connectivity index (χ1n) is 11.5. The van der Waals surface area contributed by atoms with Gasteiger partial charge in [-0.3, -0.25) is 19.2 Å². The second-order valence-corrected chi connectivity index (χ2v) is 8.64. The number of nitrogens with zero attached hydrogens (tertiary/aromatic N) is 1. The first kappa shape index (κ1) is 23.9. The largest absolute Gasteiger partial charge is 0.398 e. The van der Waals surface area contributed by atoms with Crippen molar-refractivity contribution in [1.29, 1.82) is 0 Å². The van der Waals surface area contributed by atoms with Crippen LogP contribution >= 0.6 is 0 Å². The molecule has 1 unspecified atom stereocenters. The molecular weight excluding hydrogens is 442 g/mol. The summed E-state index contributed by atoms with van der Waals surface area (Å²) >= 11 is 0. The number of rotatable bonds is 6. The Balaban J connectivity index is 1.55. The van der Waals surface area contributed by atoms with Crippen LogP contribution in [0.4, 0.5) is 11.4 Å². The summed E-state index contributed by atoms with van der Waals surface area (Å²) in [5.41, 5.74) is 9.86. The molecule has 7 heteroatoms. The molecule has 0 aromatic heterocycles. The predicted molar refractivity (Wildman–Crippen MR) is 135 cm³/mol. The van der Waals surface area contributed by atoms with Crippen molar-refractivity contribution in [3.63, 3.8) is 0 Å². The normalized spacial score (nSPS) is 15.4. The highest BCUT2D eigenvalue weighted by Gasteiger charge is 2.37. The summed E-state index contributed by atoms with van der Waals surface area (Å²) in [5, 5.41) is 2.64. The molecule has 3 aromatic rings. The highest BCUT2D eigenvalue weighted by atomic mass is 16.2. The summed E-state index contributed by atoms with van der Waals surface area (Å²) in [6.07, 6.45) is -0.0458. The summed E-state index contributed by atoms with van der Waals surface area (Å²) in [7, 11) is 0. The van der Waals surface area contributed by atoms with E-state index in [0.717, 1.165) is 16.0 Å². The Kier molecular flexibility index (Phi) is 6.78. The number of Topliss-reactive ketones (excluding diaryl/α,β-unsaturated/α-hetero) is 1. The van der Waals surface area contributed by atoms with Gasteiger partial charge < -0.3 is 11.1 Å². The van der Waals surface area contributed by atoms with Crippen LogP contribution in [0.5, 0.6) is 0 Å². The van der Waals surface area contributed by atoms with Crippen molar-refractivity contribution in [2.24, 2.45) is 0 Å². The number of ketones is 1. The lowest BCUT2D eigenvalue weighted by Crippen LogP contribution is -2.50. The molecule has 4 rings (SSSR count). The van der Waals surface area contributed by atoms with Crippen LogP contribution in [0.15, 0.2) is 72.8 Å². The molecule has 2 atom stereocenters. The van der Waals surface area contributed by atoms with E-state index in [1.54, 1.807) is 49.4 Å². The summed E-state index contributed by atoms with van der Waals surface area (Å²) in [5.74, 6) is -2.15. The highest BCUT2D eigenvalue weighted by Crippen LogP contribution is 2.44. The molecule has 0 saturated heterocycles. The minimum atomic E-state index is -0.985. The van der Waals surface area contributed by atoms with Gasteiger partial charge in [-0.15, -0.1) is 0 Å². The summed E-state index contributed by atoms with van der Waals surface area (Å²) in [4.78, 5) is 53.0. The number of carbonyl (C=O) groups is 4. The van der Waals surface area contributed by atoms with E-state index >= 15 is 0 Å². The summed E-state index contributed by atoms with van der Waals surface area (Å²) in [6.45, 7) is 3.28. The van der Waals surface area contributed by atoms with Crippen LogP contribution in [-0.2, 0) is 14.4 Å². The van der Waals surface area contributed by atoms with Crippen LogP contribution in [0.2, 0.25) is 0 Å². The molecule has 0 bridgehead atoms. The average Bonchev–Trinajstić information content (AvgIpc) is 2.96. The smallest absolute Gasteiger partial charge is 0.256 e. The number of hydrogen-bond acceptors (Lipinski definition) is 5. The third-order valence-corrected chi connectivity index (χ3v) is 6.25. The number of nitrogens with one attached hydrogen (secondary N) is 1. The Morgan fingerprint density at radius 1 is 0.943 bits per heavy atom. The fourth-order valence-electron chi connectivity index (χ4n) is 4.38. The lowest BCUT2D eigenvalue weighted by Gasteiger charge is -2.26. The molecule has 7 nitrogen and oxygen atoms in total. The Hall–Kier alpha value is -4.26. The van der Waals surface area contributed by atoms with Crippen molar-refractivity contribution in [3.8, 4) is 11.1 Å². The van der Waals surface area contributed by atoms with Crippen molar-refractivity contribution >= 4 is 34.9 Å². The lowest BCUT2D eigenvalue weighted by molar-refractivity contribution is -0.131. The standard InChI is InChI=1S/C28H27N3O4/c1-17-20-11-6-7-12-21(20)26-22(29)13-8-14-23(26)31(27(17)34)28(35)18(2)30-25(33)16-15-24(32)19-9-4-3-5-10-19/h3-14,17-18H,15-16,29H2,1-2H3,(H,30,33)/t17?,18-/m0/s1. The third kappa shape index (κ3) is 4.71. The molecule has 3 amide bonds. The van der Waals surface area contributed by atoms with Crippen LogP contribution in [0.3, 0.4) is 0 Å². The van der Waals surface area contributed by atoms with Crippen LogP contribution in [0.1, 0.15) is 48.5 Å². The van der Waals surface area contributed by atoms with E-state index in [2.05, 4.69) is 5.32 Å². The Morgan fingerprint density at radius 2 is 1.63 bits per heavy atom. The number of hydrogen-bond donors (Lipinski definition) is 2. The minimum absolute atomic E-state index is 0.0190. The van der Waals surface area contributed by atoms with Gasteiger partial charge >= 0.3 is 0 Å². The van der Waals surface area contributed by atoms with Gasteiger partial charge in [0.1, 0.15) is 6.04 Å². The molecule has 1 aliphatic rings. The van der Waals surface area contributed by atoms with E-state index in [0.29, 0.717) is 22.5 Å². The molecule has 1 heterocycles. The van der Waals surface area contributed by atoms with Gasteiger partial charge in [0.25, 0.3) is 5.91 Å². The predicted octanol–water partition coefficient (Wildman–Crippen LogP) is 4.08. The number of fused-ring (bicyclic) bond motifs is 3. The number of amides is 3. The van der Waals surface area contributed by atoms with Gasteiger partial charge in [0, 0.05) is 29.7 Å². The van der Waals surface area contributed by atoms with Crippen molar-refractivity contribution in [3.05, 3.63) is 83.9 Å². The lowest BCUT2D eigenvalue weighted by atomic mass is 9.92. The Labute approximate surface area is 203 Å². The number of nitrogen functional groups attached to an aromatic ring is 1. The molecule has 178 valence electrons. The minimum Gasteiger partial charge on any atom is -0.398 e. The van der Waals surface area contributed by atoms with Crippen molar-refractivity contribution in [1.82, 2.24) is 5.32 Å². The van der Waals surface area contributed by atoms with Gasteiger partial charge in [0.2, 0.25) is 11.8 Å². The first-order chi connectivity index (χ1) is 16.8. The topological polar surface area (TPSA) is 110 Å². The van der Waals surface area contributed by atoms with Crippen LogP contribution in [0.25, 0.3) is 11.1 Å². The second-order valence-electron chi connectivity index (χ2n) is 8.64. The van der Waals surface area contributed by atoms with Gasteiger partial charge in [0.05, 0.1) is 11.6 Å². The van der Waals surface area contributed by atoms with Crippen molar-refractivity contribution in [2.45, 2.75) is 38.6 Å². The monoisotopic (exact) mass is 469 g/mol. The van der Waals surface area contributed by atoms with E-state index in [1.807, 2.05) is 30.3 Å². The third-order valence-electron chi connectivity index (χ3n) is 6.25. The number of anilines is 2. The average molecular weight is 470 g/mol. The van der Waals surface area contributed by atoms with Crippen LogP contribution < -0.4 is 16.0 Å². The molecule has 35 heavy (non-hydrogen) atoms. The zero-order chi connectivity index (χ0) is 25.1. The maximum Gasteiger partial charge on any atom is 0.256 e. The molecule has 0 aliphatic carbocycles. The number of imide groups is 1. The summed E-state index contributed by atoms with van der Waals surface area (Å²) in [6, 6.07) is 20.3. The molecule has 0 fully saturated rings. The molecular formula is C28H27N3O4. The van der Waals surface area contributed by atoms with Crippen molar-refractivity contribution in [2.75, 3.05) is 10.6 Å². The number of nitrogens with two attached hydrogens (primary N) is 1. The zero-order valence-electron chi connectivity index (χ0n) is 19.7. The van der Waals surface area contributed by atoms with Gasteiger partial charge in [-0.2, -0.15) is 0 Å². The molecule has 3 aromatic carbocycles. The Bertz CT molecular complexity index is 1300. The Morgan fingerprint density at radius 3 is 2.37 bits per heavy atom. The highest BCUT2D eigenvalue weighted by molar-refractivity contribution is 6.22. The number of carbonyl (C=O) groups excluding carboxylic acids is 4. The molecule has 0 saturated carbocycles. The first-order valence-corrected chi connectivity index (χ1v) is 11.5. The fourth-order valence-corrected chi connectivity index (χ4v) is 4.38. The quantitative estimate of drug-likeness (QED) is 0.418. The molecule has 0 spiro atoms. The van der Waals surface area contributed by atoms with Crippen LogP contribution in [-0.4, -0.2) is 29.5 Å². The van der Waals surface area contributed by atoms with Gasteiger partial charge in [0.15, 0.2) is 5.78 Å². The maximum atomic E-state index is 13.5. The number of benzene rings is 3. The van der Waals surface area contributed by atoms with Gasteiger partial charge in [-0.05, 0) is 37.1 Å². The van der Waals surface area contributed by atoms with E-state index in [-0.39, 0.29) is 18.6 Å². The van der Waals surface area contributed by atoms with Gasteiger partial charge in [-0.1, -0.05) is 60.7 Å².